The van der Waals surface area contributed by atoms with Crippen molar-refractivity contribution in [3.8, 4) is 0 Å². The number of hydroxylamine groups is 1. The van der Waals surface area contributed by atoms with Crippen LogP contribution >= 0.6 is 15.9 Å². The summed E-state index contributed by atoms with van der Waals surface area (Å²) in [6, 6.07) is 6.79. The number of benzene rings is 1. The topological polar surface area (TPSA) is 112 Å². The van der Waals surface area contributed by atoms with Gasteiger partial charge >= 0.3 is 0 Å². The molecule has 1 heterocycles. The molecule has 1 aromatic heterocycles. The van der Waals surface area contributed by atoms with Crippen molar-refractivity contribution in [2.75, 3.05) is 10.8 Å². The minimum Gasteiger partial charge on any atom is -0.379 e. The van der Waals surface area contributed by atoms with Crippen molar-refractivity contribution in [2.45, 2.75) is 0 Å². The first kappa shape index (κ1) is 11.6. The highest BCUT2D eigenvalue weighted by Crippen LogP contribution is 2.20. The molecule has 1 aromatic carbocycles. The largest absolute Gasteiger partial charge is 0.379 e. The van der Waals surface area contributed by atoms with E-state index in [9.17, 15) is 5.21 Å². The molecule has 0 aliphatic rings. The number of hydrogen-bond donors (Lipinski definition) is 3. The summed E-state index contributed by atoms with van der Waals surface area (Å²) in [6.07, 6.45) is 0. The molecule has 0 saturated carbocycles. The van der Waals surface area contributed by atoms with Gasteiger partial charge < -0.3 is 5.73 Å². The van der Waals surface area contributed by atoms with Crippen LogP contribution in [0.1, 0.15) is 5.69 Å². The number of halogens is 1. The number of hydrogen-bond acceptors (Lipinski definition) is 6. The average molecular weight is 298 g/mol. The molecule has 0 saturated heterocycles. The Balaban J connectivity index is 2.30. The molecule has 88 valence electrons. The van der Waals surface area contributed by atoms with Crippen LogP contribution in [-0.2, 0) is 0 Å². The number of nitrogens with one attached hydrogen (secondary N) is 1. The molecule has 4 N–H and O–H groups in total. The maximum absolute atomic E-state index is 9.83. The lowest BCUT2D eigenvalue weighted by Crippen LogP contribution is -2.28. The van der Waals surface area contributed by atoms with Gasteiger partial charge in [-0.1, -0.05) is 22.0 Å². The van der Waals surface area contributed by atoms with Crippen LogP contribution in [0.25, 0.3) is 0 Å². The molecule has 0 aliphatic carbocycles. The van der Waals surface area contributed by atoms with E-state index in [1.165, 1.54) is 0 Å². The van der Waals surface area contributed by atoms with Crippen LogP contribution in [0, 0.1) is 5.41 Å². The van der Waals surface area contributed by atoms with Crippen LogP contribution in [0.3, 0.4) is 0 Å². The van der Waals surface area contributed by atoms with Gasteiger partial charge in [-0.3, -0.25) is 10.6 Å². The second kappa shape index (κ2) is 4.52. The molecule has 0 aliphatic heterocycles. The summed E-state index contributed by atoms with van der Waals surface area (Å²) < 4.78 is 5.13. The SMILES string of the molecule is N=C(c1nonc1N)N(O)c1cccc(Br)c1. The van der Waals surface area contributed by atoms with E-state index < -0.39 is 0 Å². The molecular formula is C9H8BrN5O2. The maximum atomic E-state index is 9.83. The molecule has 0 fully saturated rings. The number of nitrogens with zero attached hydrogens (tertiary/aromatic N) is 3. The van der Waals surface area contributed by atoms with Gasteiger partial charge in [-0.05, 0) is 28.5 Å². The highest BCUT2D eigenvalue weighted by Gasteiger charge is 2.19. The Labute approximate surface area is 104 Å². The molecule has 2 rings (SSSR count). The fourth-order valence-electron chi connectivity index (χ4n) is 1.20. The zero-order valence-corrected chi connectivity index (χ0v) is 10.0. The van der Waals surface area contributed by atoms with Crippen molar-refractivity contribution in [3.05, 3.63) is 34.4 Å². The van der Waals surface area contributed by atoms with Crippen LogP contribution in [0.4, 0.5) is 11.5 Å². The summed E-state index contributed by atoms with van der Waals surface area (Å²) in [5, 5.41) is 25.0. The average Bonchev–Trinajstić information content (AvgIpc) is 2.73. The Bertz CT molecular complexity index is 556. The van der Waals surface area contributed by atoms with Crippen molar-refractivity contribution in [1.82, 2.24) is 10.3 Å². The first-order valence-corrected chi connectivity index (χ1v) is 5.30. The van der Waals surface area contributed by atoms with Gasteiger partial charge in [0.25, 0.3) is 0 Å². The van der Waals surface area contributed by atoms with E-state index in [0.717, 1.165) is 4.47 Å². The zero-order chi connectivity index (χ0) is 12.4. The minimum absolute atomic E-state index is 0.0209. The van der Waals surface area contributed by atoms with E-state index in [4.69, 9.17) is 11.1 Å². The Hall–Kier alpha value is -1.93. The number of rotatable bonds is 2. The predicted octanol–water partition coefficient (Wildman–Crippen LogP) is 1.64. The molecule has 0 radical (unpaired) electrons. The molecule has 0 amide bonds. The second-order valence-corrected chi connectivity index (χ2v) is 4.05. The Kier molecular flexibility index (Phi) is 3.07. The lowest BCUT2D eigenvalue weighted by atomic mass is 10.3. The molecule has 17 heavy (non-hydrogen) atoms. The van der Waals surface area contributed by atoms with Gasteiger partial charge in [0, 0.05) is 4.47 Å². The van der Waals surface area contributed by atoms with Crippen LogP contribution in [-0.4, -0.2) is 21.4 Å². The van der Waals surface area contributed by atoms with E-state index in [1.54, 1.807) is 24.3 Å². The third-order valence-electron chi connectivity index (χ3n) is 2.00. The summed E-state index contributed by atoms with van der Waals surface area (Å²) >= 11 is 3.26. The smallest absolute Gasteiger partial charge is 0.199 e. The third-order valence-corrected chi connectivity index (χ3v) is 2.50. The van der Waals surface area contributed by atoms with E-state index in [-0.39, 0.29) is 17.3 Å². The van der Waals surface area contributed by atoms with E-state index in [2.05, 4.69) is 30.9 Å². The number of nitrogen functional groups attached to an aromatic ring is 1. The van der Waals surface area contributed by atoms with Gasteiger partial charge in [-0.2, -0.15) is 0 Å². The molecule has 7 nitrogen and oxygen atoms in total. The van der Waals surface area contributed by atoms with Gasteiger partial charge in [0.05, 0.1) is 5.69 Å². The molecule has 8 heteroatoms. The summed E-state index contributed by atoms with van der Waals surface area (Å²) in [4.78, 5) is 0. The lowest BCUT2D eigenvalue weighted by molar-refractivity contribution is 0.300. The van der Waals surface area contributed by atoms with E-state index in [1.807, 2.05) is 0 Å². The Morgan fingerprint density at radius 2 is 2.24 bits per heavy atom. The maximum Gasteiger partial charge on any atom is 0.199 e. The molecule has 0 atom stereocenters. The standard InChI is InChI=1S/C9H8BrN5O2/c10-5-2-1-3-6(4-5)15(16)9(12)7-8(11)14-17-13-7/h1-4,12,16H,(H2,11,14). The number of nitrogens with two attached hydrogens (primary N) is 1. The Morgan fingerprint density at radius 3 is 2.82 bits per heavy atom. The van der Waals surface area contributed by atoms with Gasteiger partial charge in [-0.25, -0.2) is 9.69 Å². The predicted molar refractivity (Wildman–Crippen MR) is 63.9 cm³/mol. The van der Waals surface area contributed by atoms with Crippen LogP contribution in [0.2, 0.25) is 0 Å². The first-order chi connectivity index (χ1) is 8.09. The van der Waals surface area contributed by atoms with Crippen molar-refractivity contribution in [3.63, 3.8) is 0 Å². The summed E-state index contributed by atoms with van der Waals surface area (Å²) in [5.74, 6) is -0.370. The van der Waals surface area contributed by atoms with Crippen molar-refractivity contribution >= 4 is 33.3 Å². The van der Waals surface area contributed by atoms with Crippen molar-refractivity contribution < 1.29 is 9.84 Å². The van der Waals surface area contributed by atoms with Gasteiger partial charge in [-0.15, -0.1) is 0 Å². The molecule has 0 bridgehead atoms. The molecule has 0 unspecified atom stereocenters. The van der Waals surface area contributed by atoms with Gasteiger partial charge in [0.15, 0.2) is 17.3 Å². The van der Waals surface area contributed by atoms with Crippen LogP contribution in [0.5, 0.6) is 0 Å². The zero-order valence-electron chi connectivity index (χ0n) is 8.46. The van der Waals surface area contributed by atoms with Crippen LogP contribution in [0.15, 0.2) is 33.4 Å². The van der Waals surface area contributed by atoms with Gasteiger partial charge in [0.2, 0.25) is 0 Å². The number of aromatic nitrogens is 2. The summed E-state index contributed by atoms with van der Waals surface area (Å²) in [5.41, 5.74) is 5.81. The quantitative estimate of drug-likeness (QED) is 0.441. The van der Waals surface area contributed by atoms with Crippen molar-refractivity contribution in [1.29, 1.82) is 5.41 Å². The first-order valence-electron chi connectivity index (χ1n) is 4.51. The third kappa shape index (κ3) is 2.27. The lowest BCUT2D eigenvalue weighted by Gasteiger charge is -2.15. The summed E-state index contributed by atoms with van der Waals surface area (Å²) in [6.45, 7) is 0. The molecule has 2 aromatic rings. The highest BCUT2D eigenvalue weighted by molar-refractivity contribution is 9.10. The minimum atomic E-state index is -0.318. The van der Waals surface area contributed by atoms with E-state index >= 15 is 0 Å². The summed E-state index contributed by atoms with van der Waals surface area (Å²) in [7, 11) is 0. The highest BCUT2D eigenvalue weighted by atomic mass is 79.9. The fourth-order valence-corrected chi connectivity index (χ4v) is 1.58. The molecular weight excluding hydrogens is 290 g/mol. The Morgan fingerprint density at radius 1 is 1.47 bits per heavy atom. The number of amidine groups is 1. The van der Waals surface area contributed by atoms with Crippen molar-refractivity contribution in [2.24, 2.45) is 0 Å². The molecule has 0 spiro atoms. The fraction of sp³-hybridized carbons (Fsp3) is 0. The van der Waals surface area contributed by atoms with Gasteiger partial charge in [0.1, 0.15) is 0 Å². The second-order valence-electron chi connectivity index (χ2n) is 3.14. The van der Waals surface area contributed by atoms with Crippen LogP contribution < -0.4 is 10.8 Å². The normalized spacial score (nSPS) is 10.2. The number of anilines is 2. The monoisotopic (exact) mass is 297 g/mol. The van der Waals surface area contributed by atoms with E-state index in [0.29, 0.717) is 10.8 Å².